The third-order valence-electron chi connectivity index (χ3n) is 2.68. The van der Waals surface area contributed by atoms with E-state index in [4.69, 9.17) is 0 Å². The van der Waals surface area contributed by atoms with E-state index in [1.54, 1.807) is 6.20 Å². The summed E-state index contributed by atoms with van der Waals surface area (Å²) >= 11 is 0. The van der Waals surface area contributed by atoms with Crippen molar-refractivity contribution >= 4 is 5.82 Å². The summed E-state index contributed by atoms with van der Waals surface area (Å²) in [6.45, 7) is 7.93. The molecular formula is C13H19N5. The standard InChI is InChI=1S/C13H19N5/c1-4-6-14-12-9-11(16-10(3)17-12)13-15-7-8-18(13)5-2/h7-9H,4-6H2,1-3H3,(H,14,16,17). The highest BCUT2D eigenvalue weighted by Crippen LogP contribution is 2.18. The predicted molar refractivity (Wildman–Crippen MR) is 72.4 cm³/mol. The average molecular weight is 245 g/mol. The smallest absolute Gasteiger partial charge is 0.158 e. The first-order chi connectivity index (χ1) is 8.74. The topological polar surface area (TPSA) is 55.6 Å². The van der Waals surface area contributed by atoms with E-state index >= 15 is 0 Å². The molecule has 0 fully saturated rings. The van der Waals surface area contributed by atoms with Gasteiger partial charge in [-0.05, 0) is 20.3 Å². The van der Waals surface area contributed by atoms with Gasteiger partial charge in [-0.25, -0.2) is 15.0 Å². The van der Waals surface area contributed by atoms with Crippen LogP contribution in [0.4, 0.5) is 5.82 Å². The van der Waals surface area contributed by atoms with Crippen molar-refractivity contribution in [2.75, 3.05) is 11.9 Å². The van der Waals surface area contributed by atoms with Crippen LogP contribution < -0.4 is 5.32 Å². The Morgan fingerprint density at radius 2 is 2.11 bits per heavy atom. The number of hydrogen-bond acceptors (Lipinski definition) is 4. The highest BCUT2D eigenvalue weighted by atomic mass is 15.1. The lowest BCUT2D eigenvalue weighted by atomic mass is 10.3. The van der Waals surface area contributed by atoms with E-state index in [0.717, 1.165) is 42.7 Å². The number of nitrogens with one attached hydrogen (secondary N) is 1. The maximum atomic E-state index is 4.46. The Bertz CT molecular complexity index is 518. The fourth-order valence-corrected chi connectivity index (χ4v) is 1.82. The van der Waals surface area contributed by atoms with Gasteiger partial charge in [-0.3, -0.25) is 0 Å². The minimum absolute atomic E-state index is 0.761. The number of aromatic nitrogens is 4. The second-order valence-electron chi connectivity index (χ2n) is 4.15. The largest absolute Gasteiger partial charge is 0.370 e. The van der Waals surface area contributed by atoms with Crippen LogP contribution in [0.3, 0.4) is 0 Å². The molecule has 2 heterocycles. The molecule has 0 aromatic carbocycles. The van der Waals surface area contributed by atoms with Crippen molar-refractivity contribution in [1.82, 2.24) is 19.5 Å². The molecule has 0 bridgehead atoms. The minimum Gasteiger partial charge on any atom is -0.370 e. The fraction of sp³-hybridized carbons (Fsp3) is 0.462. The third-order valence-corrected chi connectivity index (χ3v) is 2.68. The number of nitrogens with zero attached hydrogens (tertiary/aromatic N) is 4. The van der Waals surface area contributed by atoms with Gasteiger partial charge < -0.3 is 9.88 Å². The van der Waals surface area contributed by atoms with E-state index in [-0.39, 0.29) is 0 Å². The van der Waals surface area contributed by atoms with Gasteiger partial charge in [0.25, 0.3) is 0 Å². The first kappa shape index (κ1) is 12.5. The second kappa shape index (κ2) is 5.62. The Hall–Kier alpha value is -1.91. The Labute approximate surface area is 107 Å². The number of rotatable bonds is 5. The van der Waals surface area contributed by atoms with Gasteiger partial charge in [0, 0.05) is 31.5 Å². The van der Waals surface area contributed by atoms with Crippen molar-refractivity contribution in [3.05, 3.63) is 24.3 Å². The lowest BCUT2D eigenvalue weighted by molar-refractivity contribution is 0.766. The van der Waals surface area contributed by atoms with Crippen molar-refractivity contribution in [3.63, 3.8) is 0 Å². The van der Waals surface area contributed by atoms with Gasteiger partial charge in [-0.1, -0.05) is 6.92 Å². The summed E-state index contributed by atoms with van der Waals surface area (Å²) in [4.78, 5) is 13.2. The van der Waals surface area contributed by atoms with Crippen molar-refractivity contribution < 1.29 is 0 Å². The van der Waals surface area contributed by atoms with E-state index in [2.05, 4.69) is 38.7 Å². The van der Waals surface area contributed by atoms with Crippen LogP contribution in [0.1, 0.15) is 26.1 Å². The Morgan fingerprint density at radius 3 is 2.83 bits per heavy atom. The fourth-order valence-electron chi connectivity index (χ4n) is 1.82. The van der Waals surface area contributed by atoms with Crippen LogP contribution in [0, 0.1) is 6.92 Å². The van der Waals surface area contributed by atoms with Crippen LogP contribution in [0.25, 0.3) is 11.5 Å². The Kier molecular flexibility index (Phi) is 3.92. The van der Waals surface area contributed by atoms with Crippen LogP contribution in [0.15, 0.2) is 18.5 Å². The van der Waals surface area contributed by atoms with Gasteiger partial charge in [-0.15, -0.1) is 0 Å². The second-order valence-corrected chi connectivity index (χ2v) is 4.15. The van der Waals surface area contributed by atoms with E-state index in [1.165, 1.54) is 0 Å². The molecule has 0 amide bonds. The molecule has 5 nitrogen and oxygen atoms in total. The van der Waals surface area contributed by atoms with E-state index in [9.17, 15) is 0 Å². The molecule has 0 saturated heterocycles. The Morgan fingerprint density at radius 1 is 1.28 bits per heavy atom. The molecule has 0 atom stereocenters. The molecule has 0 aliphatic carbocycles. The van der Waals surface area contributed by atoms with Gasteiger partial charge in [-0.2, -0.15) is 0 Å². The summed E-state index contributed by atoms with van der Waals surface area (Å²) in [7, 11) is 0. The molecule has 96 valence electrons. The molecular weight excluding hydrogens is 226 g/mol. The number of imidazole rings is 1. The van der Waals surface area contributed by atoms with Gasteiger partial charge in [0.1, 0.15) is 17.3 Å². The zero-order valence-corrected chi connectivity index (χ0v) is 11.1. The van der Waals surface area contributed by atoms with Gasteiger partial charge in [0.05, 0.1) is 0 Å². The number of anilines is 1. The number of aryl methyl sites for hydroxylation is 2. The van der Waals surface area contributed by atoms with Crippen molar-refractivity contribution in [3.8, 4) is 11.5 Å². The molecule has 0 unspecified atom stereocenters. The molecule has 0 radical (unpaired) electrons. The normalized spacial score (nSPS) is 10.6. The van der Waals surface area contributed by atoms with E-state index in [1.807, 2.05) is 19.2 Å². The summed E-state index contributed by atoms with van der Waals surface area (Å²) < 4.78 is 2.07. The number of hydrogen-bond donors (Lipinski definition) is 1. The SMILES string of the molecule is CCCNc1cc(-c2nccn2CC)nc(C)n1. The molecule has 5 heteroatoms. The van der Waals surface area contributed by atoms with Crippen LogP contribution in [-0.4, -0.2) is 26.1 Å². The molecule has 1 N–H and O–H groups in total. The molecule has 0 spiro atoms. The van der Waals surface area contributed by atoms with Gasteiger partial charge in [0.15, 0.2) is 5.82 Å². The first-order valence-electron chi connectivity index (χ1n) is 6.35. The van der Waals surface area contributed by atoms with Crippen molar-refractivity contribution in [2.24, 2.45) is 0 Å². The first-order valence-corrected chi connectivity index (χ1v) is 6.35. The van der Waals surface area contributed by atoms with E-state index < -0.39 is 0 Å². The summed E-state index contributed by atoms with van der Waals surface area (Å²) in [5, 5.41) is 3.29. The summed E-state index contributed by atoms with van der Waals surface area (Å²) in [5.74, 6) is 2.52. The summed E-state index contributed by atoms with van der Waals surface area (Å²) in [5.41, 5.74) is 0.868. The molecule has 18 heavy (non-hydrogen) atoms. The van der Waals surface area contributed by atoms with Crippen LogP contribution in [0.5, 0.6) is 0 Å². The molecule has 2 aromatic rings. The van der Waals surface area contributed by atoms with Crippen LogP contribution in [0.2, 0.25) is 0 Å². The van der Waals surface area contributed by atoms with Crippen LogP contribution >= 0.6 is 0 Å². The average Bonchev–Trinajstić information content (AvgIpc) is 2.84. The molecule has 2 aromatic heterocycles. The van der Waals surface area contributed by atoms with Crippen LogP contribution in [-0.2, 0) is 6.54 Å². The summed E-state index contributed by atoms with van der Waals surface area (Å²) in [6.07, 6.45) is 4.84. The molecule has 0 aliphatic heterocycles. The molecule has 0 aliphatic rings. The van der Waals surface area contributed by atoms with Gasteiger partial charge in [0.2, 0.25) is 0 Å². The third kappa shape index (κ3) is 2.67. The quantitative estimate of drug-likeness (QED) is 0.879. The monoisotopic (exact) mass is 245 g/mol. The Balaban J connectivity index is 2.35. The maximum absolute atomic E-state index is 4.46. The maximum Gasteiger partial charge on any atom is 0.158 e. The van der Waals surface area contributed by atoms with Crippen molar-refractivity contribution in [2.45, 2.75) is 33.7 Å². The van der Waals surface area contributed by atoms with E-state index in [0.29, 0.717) is 0 Å². The minimum atomic E-state index is 0.761. The highest BCUT2D eigenvalue weighted by molar-refractivity contribution is 5.55. The predicted octanol–water partition coefficient (Wildman–Crippen LogP) is 2.49. The lowest BCUT2D eigenvalue weighted by Gasteiger charge is -2.08. The molecule has 2 rings (SSSR count). The zero-order valence-electron chi connectivity index (χ0n) is 11.1. The summed E-state index contributed by atoms with van der Waals surface area (Å²) in [6, 6.07) is 1.96. The highest BCUT2D eigenvalue weighted by Gasteiger charge is 2.09. The van der Waals surface area contributed by atoms with Gasteiger partial charge >= 0.3 is 0 Å². The zero-order chi connectivity index (χ0) is 13.0. The lowest BCUT2D eigenvalue weighted by Crippen LogP contribution is -2.06. The molecule has 0 saturated carbocycles. The van der Waals surface area contributed by atoms with Crippen molar-refractivity contribution in [1.29, 1.82) is 0 Å².